The van der Waals surface area contributed by atoms with E-state index in [1.54, 1.807) is 11.3 Å². The van der Waals surface area contributed by atoms with Gasteiger partial charge in [0, 0.05) is 24.4 Å². The molecule has 1 aliphatic heterocycles. The molecule has 1 aliphatic rings. The van der Waals surface area contributed by atoms with Gasteiger partial charge in [0.2, 0.25) is 0 Å². The van der Waals surface area contributed by atoms with Gasteiger partial charge in [-0.1, -0.05) is 6.92 Å². The first-order valence-corrected chi connectivity index (χ1v) is 7.19. The van der Waals surface area contributed by atoms with Gasteiger partial charge in [-0.2, -0.15) is 0 Å². The van der Waals surface area contributed by atoms with Gasteiger partial charge in [0.1, 0.15) is 16.5 Å². The van der Waals surface area contributed by atoms with E-state index in [0.717, 1.165) is 49.2 Å². The topological polar surface area (TPSA) is 38.2 Å². The number of rotatable bonds is 2. The first-order valence-electron chi connectivity index (χ1n) is 6.37. The van der Waals surface area contributed by atoms with Gasteiger partial charge in [0.25, 0.3) is 0 Å². The van der Waals surface area contributed by atoms with E-state index in [0.29, 0.717) is 0 Å². The quantitative estimate of drug-likeness (QED) is 0.834. The van der Waals surface area contributed by atoms with Crippen LogP contribution in [0.25, 0.3) is 10.2 Å². The number of ether oxygens (including phenoxy) is 1. The molecular formula is C13H17N3OS. The second kappa shape index (κ2) is 4.82. The maximum atomic E-state index is 5.41. The number of nitrogens with zero attached hydrogens (tertiary/aromatic N) is 3. The molecule has 0 bridgehead atoms. The average molecular weight is 263 g/mol. The number of aromatic nitrogens is 2. The van der Waals surface area contributed by atoms with Crippen LogP contribution in [0, 0.1) is 6.92 Å². The smallest absolute Gasteiger partial charge is 0.141 e. The van der Waals surface area contributed by atoms with Crippen molar-refractivity contribution in [3.63, 3.8) is 0 Å². The van der Waals surface area contributed by atoms with Crippen molar-refractivity contribution in [1.29, 1.82) is 0 Å². The predicted octanol–water partition coefficient (Wildman–Crippen LogP) is 2.40. The van der Waals surface area contributed by atoms with Crippen LogP contribution in [-0.2, 0) is 11.2 Å². The molecule has 0 radical (unpaired) electrons. The SMILES string of the molecule is CCc1nc(N2CCOCC2)c2cc(C)sc2n1. The molecule has 3 rings (SSSR count). The second-order valence-corrected chi connectivity index (χ2v) is 5.73. The zero-order valence-electron chi connectivity index (χ0n) is 10.8. The van der Waals surface area contributed by atoms with Gasteiger partial charge in [0.05, 0.1) is 18.6 Å². The number of hydrogen-bond donors (Lipinski definition) is 0. The van der Waals surface area contributed by atoms with E-state index in [9.17, 15) is 0 Å². The number of fused-ring (bicyclic) bond motifs is 1. The van der Waals surface area contributed by atoms with Crippen molar-refractivity contribution in [1.82, 2.24) is 9.97 Å². The van der Waals surface area contributed by atoms with E-state index in [1.807, 2.05) is 0 Å². The van der Waals surface area contributed by atoms with Crippen LogP contribution >= 0.6 is 11.3 Å². The Bertz CT molecular complexity index is 561. The van der Waals surface area contributed by atoms with Crippen LogP contribution in [0.1, 0.15) is 17.6 Å². The van der Waals surface area contributed by atoms with Gasteiger partial charge < -0.3 is 9.64 Å². The molecule has 96 valence electrons. The zero-order valence-corrected chi connectivity index (χ0v) is 11.6. The van der Waals surface area contributed by atoms with Crippen LogP contribution in [0.3, 0.4) is 0 Å². The lowest BCUT2D eigenvalue weighted by molar-refractivity contribution is 0.122. The van der Waals surface area contributed by atoms with Crippen LogP contribution in [0.2, 0.25) is 0 Å². The van der Waals surface area contributed by atoms with Crippen molar-refractivity contribution in [2.75, 3.05) is 31.2 Å². The molecular weight excluding hydrogens is 246 g/mol. The maximum absolute atomic E-state index is 5.41. The summed E-state index contributed by atoms with van der Waals surface area (Å²) in [6.07, 6.45) is 0.879. The molecule has 3 heterocycles. The molecule has 4 nitrogen and oxygen atoms in total. The molecule has 2 aromatic heterocycles. The Hall–Kier alpha value is -1.20. The van der Waals surface area contributed by atoms with Crippen LogP contribution in [0.15, 0.2) is 6.07 Å². The Balaban J connectivity index is 2.12. The van der Waals surface area contributed by atoms with E-state index >= 15 is 0 Å². The van der Waals surface area contributed by atoms with E-state index < -0.39 is 0 Å². The molecule has 1 saturated heterocycles. The Labute approximate surface area is 111 Å². The predicted molar refractivity (Wildman–Crippen MR) is 74.6 cm³/mol. The molecule has 0 aromatic carbocycles. The highest BCUT2D eigenvalue weighted by molar-refractivity contribution is 7.18. The standard InChI is InChI=1S/C13H17N3OS/c1-3-11-14-12(16-4-6-17-7-5-16)10-8-9(2)18-13(10)15-11/h8H,3-7H2,1-2H3. The Morgan fingerprint density at radius 3 is 2.83 bits per heavy atom. The summed E-state index contributed by atoms with van der Waals surface area (Å²) in [5.74, 6) is 2.02. The molecule has 0 unspecified atom stereocenters. The summed E-state index contributed by atoms with van der Waals surface area (Å²) in [5, 5.41) is 1.19. The minimum Gasteiger partial charge on any atom is -0.378 e. The summed E-state index contributed by atoms with van der Waals surface area (Å²) in [6, 6.07) is 2.20. The third-order valence-corrected chi connectivity index (χ3v) is 4.11. The molecule has 18 heavy (non-hydrogen) atoms. The summed E-state index contributed by atoms with van der Waals surface area (Å²) in [4.78, 5) is 14.1. The summed E-state index contributed by atoms with van der Waals surface area (Å²) in [7, 11) is 0. The first kappa shape index (κ1) is 11.9. The monoisotopic (exact) mass is 263 g/mol. The molecule has 0 spiro atoms. The summed E-state index contributed by atoms with van der Waals surface area (Å²) in [5.41, 5.74) is 0. The minimum absolute atomic E-state index is 0.788. The summed E-state index contributed by atoms with van der Waals surface area (Å²) in [6.45, 7) is 7.65. The van der Waals surface area contributed by atoms with Crippen molar-refractivity contribution in [3.05, 3.63) is 16.8 Å². The first-order chi connectivity index (χ1) is 8.78. The zero-order chi connectivity index (χ0) is 12.5. The van der Waals surface area contributed by atoms with Gasteiger partial charge >= 0.3 is 0 Å². The van der Waals surface area contributed by atoms with Crippen LogP contribution in [-0.4, -0.2) is 36.3 Å². The highest BCUT2D eigenvalue weighted by atomic mass is 32.1. The Kier molecular flexibility index (Phi) is 3.18. The van der Waals surface area contributed by atoms with Crippen LogP contribution in [0.4, 0.5) is 5.82 Å². The number of thiophene rings is 1. The Morgan fingerprint density at radius 1 is 1.33 bits per heavy atom. The lowest BCUT2D eigenvalue weighted by Gasteiger charge is -2.28. The van der Waals surface area contributed by atoms with E-state index in [-0.39, 0.29) is 0 Å². The molecule has 0 aliphatic carbocycles. The number of anilines is 1. The highest BCUT2D eigenvalue weighted by Crippen LogP contribution is 2.31. The van der Waals surface area contributed by atoms with Gasteiger partial charge in [-0.05, 0) is 13.0 Å². The molecule has 0 saturated carbocycles. The van der Waals surface area contributed by atoms with Crippen LogP contribution in [0.5, 0.6) is 0 Å². The van der Waals surface area contributed by atoms with E-state index in [2.05, 4.69) is 29.8 Å². The summed E-state index contributed by atoms with van der Waals surface area (Å²) < 4.78 is 5.41. The average Bonchev–Trinajstić information content (AvgIpc) is 2.78. The van der Waals surface area contributed by atoms with Crippen molar-refractivity contribution in [2.45, 2.75) is 20.3 Å². The number of aryl methyl sites for hydroxylation is 2. The highest BCUT2D eigenvalue weighted by Gasteiger charge is 2.18. The number of hydrogen-bond acceptors (Lipinski definition) is 5. The lowest BCUT2D eigenvalue weighted by atomic mass is 10.3. The van der Waals surface area contributed by atoms with Gasteiger partial charge in [-0.15, -0.1) is 11.3 Å². The minimum atomic E-state index is 0.788. The molecule has 0 amide bonds. The number of morpholine rings is 1. The van der Waals surface area contributed by atoms with E-state index in [4.69, 9.17) is 9.72 Å². The fourth-order valence-corrected chi connectivity index (χ4v) is 3.14. The fraction of sp³-hybridized carbons (Fsp3) is 0.538. The second-order valence-electron chi connectivity index (χ2n) is 4.49. The van der Waals surface area contributed by atoms with Crippen molar-refractivity contribution in [3.8, 4) is 0 Å². The molecule has 2 aromatic rings. The fourth-order valence-electron chi connectivity index (χ4n) is 2.24. The van der Waals surface area contributed by atoms with Crippen molar-refractivity contribution >= 4 is 27.4 Å². The normalized spacial score (nSPS) is 16.4. The van der Waals surface area contributed by atoms with Gasteiger partial charge in [0.15, 0.2) is 0 Å². The third-order valence-electron chi connectivity index (χ3n) is 3.17. The van der Waals surface area contributed by atoms with Gasteiger partial charge in [-0.25, -0.2) is 9.97 Å². The van der Waals surface area contributed by atoms with Gasteiger partial charge in [-0.3, -0.25) is 0 Å². The van der Waals surface area contributed by atoms with Crippen molar-refractivity contribution < 1.29 is 4.74 Å². The molecule has 0 atom stereocenters. The van der Waals surface area contributed by atoms with E-state index in [1.165, 1.54) is 10.3 Å². The lowest BCUT2D eigenvalue weighted by Crippen LogP contribution is -2.37. The molecule has 5 heteroatoms. The Morgan fingerprint density at radius 2 is 2.11 bits per heavy atom. The maximum Gasteiger partial charge on any atom is 0.141 e. The summed E-state index contributed by atoms with van der Waals surface area (Å²) >= 11 is 1.75. The third kappa shape index (κ3) is 2.08. The largest absolute Gasteiger partial charge is 0.378 e. The molecule has 1 fully saturated rings. The van der Waals surface area contributed by atoms with Crippen molar-refractivity contribution in [2.24, 2.45) is 0 Å². The van der Waals surface area contributed by atoms with Crippen LogP contribution < -0.4 is 4.90 Å². The molecule has 0 N–H and O–H groups in total.